The first-order valence-corrected chi connectivity index (χ1v) is 12.4. The van der Waals surface area contributed by atoms with Crippen molar-refractivity contribution in [2.45, 2.75) is 18.4 Å². The zero-order chi connectivity index (χ0) is 26.4. The molecule has 1 aliphatic carbocycles. The highest BCUT2D eigenvalue weighted by Gasteiger charge is 2.55. The van der Waals surface area contributed by atoms with Crippen molar-refractivity contribution in [1.29, 1.82) is 0 Å². The summed E-state index contributed by atoms with van der Waals surface area (Å²) in [7, 11) is 1.89. The van der Waals surface area contributed by atoms with Gasteiger partial charge in [0.25, 0.3) is 5.91 Å². The number of carbonyl (C=O) groups excluding carboxylic acids is 4. The van der Waals surface area contributed by atoms with Gasteiger partial charge in [0.15, 0.2) is 6.61 Å². The number of rotatable bonds is 6. The van der Waals surface area contributed by atoms with Crippen LogP contribution in [0, 0.1) is 0 Å². The summed E-state index contributed by atoms with van der Waals surface area (Å²) in [4.78, 5) is 53.1. The van der Waals surface area contributed by atoms with Gasteiger partial charge in [0.1, 0.15) is 12.1 Å². The minimum Gasteiger partial charge on any atom is -0.456 e. The molecule has 1 spiro atoms. The zero-order valence-corrected chi connectivity index (χ0v) is 20.8. The lowest BCUT2D eigenvalue weighted by molar-refractivity contribution is -0.146. The fraction of sp³-hybridized carbons (Fsp3) is 0.200. The summed E-state index contributed by atoms with van der Waals surface area (Å²) in [6.45, 7) is -1.08. The van der Waals surface area contributed by atoms with Gasteiger partial charge < -0.3 is 14.6 Å². The molecule has 2 heterocycles. The zero-order valence-electron chi connectivity index (χ0n) is 20.8. The minimum atomic E-state index is -1.16. The first-order chi connectivity index (χ1) is 18.4. The Hall–Kier alpha value is -4.72. The van der Waals surface area contributed by atoms with Gasteiger partial charge in [-0.2, -0.15) is 0 Å². The molecule has 1 fully saturated rings. The maximum atomic E-state index is 13.4. The molecular formula is C30H25N3O5. The van der Waals surface area contributed by atoms with E-state index in [0.717, 1.165) is 38.2 Å². The van der Waals surface area contributed by atoms with E-state index in [0.29, 0.717) is 18.4 Å². The number of benzene rings is 3. The highest BCUT2D eigenvalue weighted by Crippen LogP contribution is 2.41. The topological polar surface area (TPSA) is 97.7 Å². The van der Waals surface area contributed by atoms with Crippen LogP contribution in [0.3, 0.4) is 0 Å². The van der Waals surface area contributed by atoms with Crippen LogP contribution in [0.5, 0.6) is 0 Å². The number of aromatic nitrogens is 1. The van der Waals surface area contributed by atoms with Crippen molar-refractivity contribution in [2.24, 2.45) is 7.05 Å². The molecule has 6 rings (SSSR count). The fourth-order valence-electron chi connectivity index (χ4n) is 5.74. The van der Waals surface area contributed by atoms with Gasteiger partial charge in [0, 0.05) is 18.0 Å². The Kier molecular flexibility index (Phi) is 5.60. The van der Waals surface area contributed by atoms with Gasteiger partial charge in [0.05, 0.1) is 11.3 Å². The molecule has 3 aromatic carbocycles. The SMILES string of the molecule is Cn1c(-c2ccccc2)c(C(=O)COC(=O)CN2C(=O)NC3(CCc4ccccc43)C2=O)c2ccccc21. The van der Waals surface area contributed by atoms with Gasteiger partial charge in [-0.15, -0.1) is 0 Å². The third-order valence-electron chi connectivity index (χ3n) is 7.51. The Bertz CT molecular complexity index is 1620. The van der Waals surface area contributed by atoms with Gasteiger partial charge in [-0.3, -0.25) is 19.3 Å². The Morgan fingerprint density at radius 3 is 2.47 bits per heavy atom. The predicted molar refractivity (Wildman–Crippen MR) is 140 cm³/mol. The van der Waals surface area contributed by atoms with Gasteiger partial charge in [-0.25, -0.2) is 4.79 Å². The molecule has 4 aromatic rings. The summed E-state index contributed by atoms with van der Waals surface area (Å²) in [5.74, 6) is -1.67. The molecule has 1 unspecified atom stereocenters. The van der Waals surface area contributed by atoms with Crippen LogP contribution in [0.25, 0.3) is 22.2 Å². The van der Waals surface area contributed by atoms with E-state index in [1.54, 1.807) is 0 Å². The van der Waals surface area contributed by atoms with Gasteiger partial charge in [-0.05, 0) is 35.6 Å². The fourth-order valence-corrected chi connectivity index (χ4v) is 5.74. The molecule has 0 saturated carbocycles. The standard InChI is InChI=1S/C30H25N3O5/c1-32-23-14-8-6-12-21(23)26(27(32)20-10-3-2-4-11-20)24(34)18-38-25(35)17-33-28(36)30(31-29(33)37)16-15-19-9-5-7-13-22(19)30/h2-14H,15-18H2,1H3,(H,31,37). The number of hydrogen-bond acceptors (Lipinski definition) is 5. The second-order valence-corrected chi connectivity index (χ2v) is 9.63. The molecule has 1 atom stereocenters. The smallest absolute Gasteiger partial charge is 0.326 e. The number of fused-ring (bicyclic) bond motifs is 3. The monoisotopic (exact) mass is 507 g/mol. The van der Waals surface area contributed by atoms with Crippen molar-refractivity contribution < 1.29 is 23.9 Å². The van der Waals surface area contributed by atoms with Crippen molar-refractivity contribution in [3.8, 4) is 11.3 Å². The number of ketones is 1. The van der Waals surface area contributed by atoms with Crippen molar-refractivity contribution >= 4 is 34.6 Å². The number of nitrogens with zero attached hydrogens (tertiary/aromatic N) is 2. The number of hydrogen-bond donors (Lipinski definition) is 1. The van der Waals surface area contributed by atoms with Crippen LogP contribution in [0.4, 0.5) is 4.79 Å². The molecule has 190 valence electrons. The minimum absolute atomic E-state index is 0.368. The summed E-state index contributed by atoms with van der Waals surface area (Å²) in [5, 5.41) is 3.55. The lowest BCUT2D eigenvalue weighted by atomic mass is 9.92. The predicted octanol–water partition coefficient (Wildman–Crippen LogP) is 3.96. The summed E-state index contributed by atoms with van der Waals surface area (Å²) in [6, 6.07) is 23.9. The molecule has 1 aliphatic heterocycles. The van der Waals surface area contributed by atoms with Crippen LogP contribution in [0.2, 0.25) is 0 Å². The lowest BCUT2D eigenvalue weighted by Gasteiger charge is -2.22. The number of ether oxygens (including phenoxy) is 1. The molecule has 38 heavy (non-hydrogen) atoms. The summed E-state index contributed by atoms with van der Waals surface area (Å²) in [6.07, 6.45) is 1.09. The molecule has 1 saturated heterocycles. The second-order valence-electron chi connectivity index (χ2n) is 9.63. The van der Waals surface area contributed by atoms with E-state index in [1.807, 2.05) is 90.5 Å². The van der Waals surface area contributed by atoms with E-state index in [2.05, 4.69) is 5.32 Å². The lowest BCUT2D eigenvalue weighted by Crippen LogP contribution is -2.42. The Labute approximate surface area is 218 Å². The first kappa shape index (κ1) is 23.7. The first-order valence-electron chi connectivity index (χ1n) is 12.4. The number of carbonyl (C=O) groups is 4. The number of esters is 1. The van der Waals surface area contributed by atoms with E-state index in [4.69, 9.17) is 4.74 Å². The highest BCUT2D eigenvalue weighted by atomic mass is 16.5. The van der Waals surface area contributed by atoms with Crippen LogP contribution < -0.4 is 5.32 Å². The summed E-state index contributed by atoms with van der Waals surface area (Å²) in [5.41, 5.74) is 3.53. The van der Waals surface area contributed by atoms with Gasteiger partial charge in [0.2, 0.25) is 5.78 Å². The second kappa shape index (κ2) is 8.99. The highest BCUT2D eigenvalue weighted by molar-refractivity contribution is 6.15. The van der Waals surface area contributed by atoms with Crippen LogP contribution in [-0.2, 0) is 33.3 Å². The van der Waals surface area contributed by atoms with Gasteiger partial charge in [-0.1, -0.05) is 72.8 Å². The van der Waals surface area contributed by atoms with E-state index in [-0.39, 0.29) is 5.78 Å². The molecule has 3 amide bonds. The maximum Gasteiger partial charge on any atom is 0.326 e. The largest absolute Gasteiger partial charge is 0.456 e. The van der Waals surface area contributed by atoms with Crippen LogP contribution in [0.1, 0.15) is 27.9 Å². The Morgan fingerprint density at radius 2 is 1.66 bits per heavy atom. The number of amides is 3. The van der Waals surface area contributed by atoms with Crippen LogP contribution in [0.15, 0.2) is 78.9 Å². The molecule has 1 N–H and O–H groups in total. The van der Waals surface area contributed by atoms with Crippen molar-refractivity contribution in [3.05, 3.63) is 95.6 Å². The summed E-state index contributed by atoms with van der Waals surface area (Å²) >= 11 is 0. The number of para-hydroxylation sites is 1. The Balaban J connectivity index is 1.20. The van der Waals surface area contributed by atoms with E-state index in [1.165, 1.54) is 0 Å². The maximum absolute atomic E-state index is 13.4. The van der Waals surface area contributed by atoms with E-state index < -0.39 is 36.6 Å². The van der Waals surface area contributed by atoms with Gasteiger partial charge >= 0.3 is 12.0 Å². The number of urea groups is 1. The van der Waals surface area contributed by atoms with Crippen molar-refractivity contribution in [3.63, 3.8) is 0 Å². The third-order valence-corrected chi connectivity index (χ3v) is 7.51. The third kappa shape index (κ3) is 3.60. The number of imide groups is 1. The Morgan fingerprint density at radius 1 is 0.947 bits per heavy atom. The van der Waals surface area contributed by atoms with E-state index >= 15 is 0 Å². The summed E-state index contributed by atoms with van der Waals surface area (Å²) < 4.78 is 7.27. The number of nitrogens with one attached hydrogen (secondary N) is 1. The molecule has 2 aliphatic rings. The molecule has 0 bridgehead atoms. The van der Waals surface area contributed by atoms with Crippen molar-refractivity contribution in [1.82, 2.24) is 14.8 Å². The molecular weight excluding hydrogens is 482 g/mol. The van der Waals surface area contributed by atoms with E-state index in [9.17, 15) is 19.2 Å². The molecule has 0 radical (unpaired) electrons. The molecule has 1 aromatic heterocycles. The quantitative estimate of drug-likeness (QED) is 0.242. The molecule has 8 heteroatoms. The normalized spacial score (nSPS) is 18.2. The average Bonchev–Trinajstić information content (AvgIpc) is 3.54. The van der Waals surface area contributed by atoms with Crippen LogP contribution in [-0.4, -0.2) is 46.3 Å². The van der Waals surface area contributed by atoms with Crippen molar-refractivity contribution in [2.75, 3.05) is 13.2 Å². The van der Waals surface area contributed by atoms with Crippen LogP contribution >= 0.6 is 0 Å². The average molecular weight is 508 g/mol. The number of aryl methyl sites for hydroxylation is 2. The molecule has 8 nitrogen and oxygen atoms in total. The number of Topliss-reactive ketones (excluding diaryl/α,β-unsaturated/α-hetero) is 1.